The Morgan fingerprint density at radius 1 is 1.25 bits per heavy atom. The summed E-state index contributed by atoms with van der Waals surface area (Å²) in [5.74, 6) is 0.625. The van der Waals surface area contributed by atoms with Crippen LogP contribution in [0.2, 0.25) is 0 Å². The molecular formula is C17H24N2O. The number of benzene rings is 1. The summed E-state index contributed by atoms with van der Waals surface area (Å²) in [5.41, 5.74) is 2.42. The average molecular weight is 272 g/mol. The van der Waals surface area contributed by atoms with Gasteiger partial charge in [0.2, 0.25) is 5.91 Å². The summed E-state index contributed by atoms with van der Waals surface area (Å²) in [6.07, 6.45) is 5.55. The average Bonchev–Trinajstić information content (AvgIpc) is 2.57. The molecule has 3 rings (SSSR count). The van der Waals surface area contributed by atoms with E-state index in [0.717, 1.165) is 44.5 Å². The standard InChI is InChI=1S/C17H24N2O/c1-2-18-15-10-6-12-19(17(20)13-7-5-8-13)16-11-4-3-9-14(15)16/h3-4,9,11,13,15,18H,2,5-8,10,12H2,1H3. The molecule has 2 aliphatic rings. The Bertz CT molecular complexity index is 482. The highest BCUT2D eigenvalue weighted by Crippen LogP contribution is 2.36. The van der Waals surface area contributed by atoms with Gasteiger partial charge in [0.15, 0.2) is 0 Å². The molecule has 1 aliphatic carbocycles. The lowest BCUT2D eigenvalue weighted by Crippen LogP contribution is -2.39. The van der Waals surface area contributed by atoms with Crippen molar-refractivity contribution in [2.75, 3.05) is 18.0 Å². The molecule has 108 valence electrons. The van der Waals surface area contributed by atoms with Crippen molar-refractivity contribution in [1.82, 2.24) is 5.32 Å². The Labute approximate surface area is 121 Å². The van der Waals surface area contributed by atoms with Gasteiger partial charge in [-0.05, 0) is 43.9 Å². The van der Waals surface area contributed by atoms with E-state index in [-0.39, 0.29) is 5.92 Å². The first-order chi connectivity index (χ1) is 9.81. The van der Waals surface area contributed by atoms with Gasteiger partial charge in [-0.3, -0.25) is 4.79 Å². The predicted molar refractivity (Wildman–Crippen MR) is 81.8 cm³/mol. The van der Waals surface area contributed by atoms with E-state index in [9.17, 15) is 4.79 Å². The monoisotopic (exact) mass is 272 g/mol. The number of amides is 1. The van der Waals surface area contributed by atoms with Gasteiger partial charge in [0, 0.05) is 24.2 Å². The maximum absolute atomic E-state index is 12.7. The molecule has 3 heteroatoms. The Balaban J connectivity index is 1.91. The van der Waals surface area contributed by atoms with Gasteiger partial charge in [0.1, 0.15) is 0 Å². The van der Waals surface area contributed by atoms with Gasteiger partial charge >= 0.3 is 0 Å². The van der Waals surface area contributed by atoms with Crippen LogP contribution in [0, 0.1) is 5.92 Å². The molecule has 0 radical (unpaired) electrons. The van der Waals surface area contributed by atoms with Crippen LogP contribution in [0.25, 0.3) is 0 Å². The van der Waals surface area contributed by atoms with Crippen LogP contribution in [0.15, 0.2) is 24.3 Å². The van der Waals surface area contributed by atoms with E-state index in [1.807, 2.05) is 6.07 Å². The predicted octanol–water partition coefficient (Wildman–Crippen LogP) is 3.26. The van der Waals surface area contributed by atoms with Crippen molar-refractivity contribution in [1.29, 1.82) is 0 Å². The van der Waals surface area contributed by atoms with Gasteiger partial charge in [0.05, 0.1) is 0 Å². The smallest absolute Gasteiger partial charge is 0.230 e. The fourth-order valence-electron chi connectivity index (χ4n) is 3.32. The molecule has 0 saturated heterocycles. The second kappa shape index (κ2) is 5.96. The molecule has 0 spiro atoms. The number of nitrogens with zero attached hydrogens (tertiary/aromatic N) is 1. The second-order valence-corrected chi connectivity index (χ2v) is 5.93. The van der Waals surface area contributed by atoms with Crippen molar-refractivity contribution < 1.29 is 4.79 Å². The summed E-state index contributed by atoms with van der Waals surface area (Å²) < 4.78 is 0. The highest BCUT2D eigenvalue weighted by molar-refractivity contribution is 5.96. The molecule has 1 aromatic rings. The number of para-hydroxylation sites is 1. The fourth-order valence-corrected chi connectivity index (χ4v) is 3.32. The maximum Gasteiger partial charge on any atom is 0.230 e. The van der Waals surface area contributed by atoms with E-state index in [0.29, 0.717) is 11.9 Å². The Morgan fingerprint density at radius 3 is 2.75 bits per heavy atom. The summed E-state index contributed by atoms with van der Waals surface area (Å²) in [6.45, 7) is 3.98. The van der Waals surface area contributed by atoms with Crippen molar-refractivity contribution >= 4 is 11.6 Å². The lowest BCUT2D eigenvalue weighted by Gasteiger charge is -2.32. The molecule has 1 fully saturated rings. The number of carbonyl (C=O) groups excluding carboxylic acids is 1. The van der Waals surface area contributed by atoms with Gasteiger partial charge < -0.3 is 10.2 Å². The largest absolute Gasteiger partial charge is 0.312 e. The molecule has 1 aliphatic heterocycles. The first-order valence-corrected chi connectivity index (χ1v) is 7.95. The molecule has 1 amide bonds. The molecule has 1 atom stereocenters. The van der Waals surface area contributed by atoms with Crippen LogP contribution in [0.5, 0.6) is 0 Å². The summed E-state index contributed by atoms with van der Waals surface area (Å²) in [7, 11) is 0. The molecule has 1 N–H and O–H groups in total. The van der Waals surface area contributed by atoms with E-state index >= 15 is 0 Å². The Morgan fingerprint density at radius 2 is 2.05 bits per heavy atom. The fraction of sp³-hybridized carbons (Fsp3) is 0.588. The molecule has 20 heavy (non-hydrogen) atoms. The van der Waals surface area contributed by atoms with Crippen molar-refractivity contribution in [3.63, 3.8) is 0 Å². The molecule has 1 unspecified atom stereocenters. The van der Waals surface area contributed by atoms with E-state index in [4.69, 9.17) is 0 Å². The lowest BCUT2D eigenvalue weighted by molar-refractivity contribution is -0.124. The maximum atomic E-state index is 12.7. The first kappa shape index (κ1) is 13.6. The van der Waals surface area contributed by atoms with Crippen LogP contribution in [0.1, 0.15) is 50.6 Å². The summed E-state index contributed by atoms with van der Waals surface area (Å²) >= 11 is 0. The van der Waals surface area contributed by atoms with E-state index < -0.39 is 0 Å². The Kier molecular flexibility index (Phi) is 4.06. The third kappa shape index (κ3) is 2.47. The Hall–Kier alpha value is -1.35. The molecular weight excluding hydrogens is 248 g/mol. The van der Waals surface area contributed by atoms with Gasteiger partial charge in [-0.25, -0.2) is 0 Å². The van der Waals surface area contributed by atoms with Crippen LogP contribution in [0.3, 0.4) is 0 Å². The van der Waals surface area contributed by atoms with E-state index in [1.54, 1.807) is 0 Å². The van der Waals surface area contributed by atoms with Crippen molar-refractivity contribution in [3.05, 3.63) is 29.8 Å². The van der Waals surface area contributed by atoms with Crippen LogP contribution < -0.4 is 10.2 Å². The second-order valence-electron chi connectivity index (χ2n) is 5.93. The van der Waals surface area contributed by atoms with Crippen molar-refractivity contribution in [2.24, 2.45) is 5.92 Å². The number of anilines is 1. The molecule has 1 aromatic carbocycles. The van der Waals surface area contributed by atoms with Crippen LogP contribution >= 0.6 is 0 Å². The summed E-state index contributed by atoms with van der Waals surface area (Å²) in [4.78, 5) is 14.7. The summed E-state index contributed by atoms with van der Waals surface area (Å²) in [5, 5.41) is 3.56. The third-order valence-corrected chi connectivity index (χ3v) is 4.65. The molecule has 0 aromatic heterocycles. The van der Waals surface area contributed by atoms with Crippen LogP contribution in [-0.2, 0) is 4.79 Å². The van der Waals surface area contributed by atoms with Crippen LogP contribution in [0.4, 0.5) is 5.69 Å². The number of hydrogen-bond donors (Lipinski definition) is 1. The van der Waals surface area contributed by atoms with E-state index in [1.165, 1.54) is 12.0 Å². The van der Waals surface area contributed by atoms with Gasteiger partial charge in [-0.1, -0.05) is 31.5 Å². The number of hydrogen-bond acceptors (Lipinski definition) is 2. The summed E-state index contributed by atoms with van der Waals surface area (Å²) in [6, 6.07) is 8.81. The minimum absolute atomic E-state index is 0.277. The normalized spacial score (nSPS) is 22.9. The lowest BCUT2D eigenvalue weighted by atomic mass is 9.84. The number of carbonyl (C=O) groups is 1. The first-order valence-electron chi connectivity index (χ1n) is 7.95. The van der Waals surface area contributed by atoms with Crippen LogP contribution in [-0.4, -0.2) is 19.0 Å². The molecule has 3 nitrogen and oxygen atoms in total. The number of nitrogens with one attached hydrogen (secondary N) is 1. The highest BCUT2D eigenvalue weighted by atomic mass is 16.2. The van der Waals surface area contributed by atoms with E-state index in [2.05, 4.69) is 35.3 Å². The van der Waals surface area contributed by atoms with Gasteiger partial charge in [0.25, 0.3) is 0 Å². The zero-order chi connectivity index (χ0) is 13.9. The highest BCUT2D eigenvalue weighted by Gasteiger charge is 2.32. The SMILES string of the molecule is CCNC1CCCN(C(=O)C2CCC2)c2ccccc21. The zero-order valence-corrected chi connectivity index (χ0v) is 12.3. The molecule has 1 heterocycles. The molecule has 1 saturated carbocycles. The quantitative estimate of drug-likeness (QED) is 0.916. The minimum atomic E-state index is 0.277. The molecule has 0 bridgehead atoms. The topological polar surface area (TPSA) is 32.3 Å². The number of rotatable bonds is 3. The zero-order valence-electron chi connectivity index (χ0n) is 12.3. The van der Waals surface area contributed by atoms with Gasteiger partial charge in [-0.15, -0.1) is 0 Å². The van der Waals surface area contributed by atoms with Crippen molar-refractivity contribution in [2.45, 2.75) is 45.1 Å². The number of fused-ring (bicyclic) bond motifs is 1. The third-order valence-electron chi connectivity index (χ3n) is 4.65. The van der Waals surface area contributed by atoms with Gasteiger partial charge in [-0.2, -0.15) is 0 Å². The van der Waals surface area contributed by atoms with Crippen molar-refractivity contribution in [3.8, 4) is 0 Å². The minimum Gasteiger partial charge on any atom is -0.312 e.